The van der Waals surface area contributed by atoms with Crippen LogP contribution in [0.2, 0.25) is 0 Å². The molecular formula is C10H14N2O3. The molecule has 0 spiro atoms. The van der Waals surface area contributed by atoms with Crippen LogP contribution < -0.4 is 0 Å². The molecule has 5 heteroatoms. The third-order valence-corrected chi connectivity index (χ3v) is 2.40. The fourth-order valence-electron chi connectivity index (χ4n) is 1.66. The van der Waals surface area contributed by atoms with Crippen molar-refractivity contribution < 1.29 is 14.1 Å². The van der Waals surface area contributed by atoms with Crippen LogP contribution in [0.5, 0.6) is 0 Å². The second-order valence-corrected chi connectivity index (χ2v) is 3.92. The van der Waals surface area contributed by atoms with Gasteiger partial charge in [0.25, 0.3) is 0 Å². The zero-order valence-electron chi connectivity index (χ0n) is 8.73. The fourth-order valence-corrected chi connectivity index (χ4v) is 1.66. The zero-order chi connectivity index (χ0) is 10.7. The average molecular weight is 210 g/mol. The van der Waals surface area contributed by atoms with E-state index < -0.39 is 0 Å². The summed E-state index contributed by atoms with van der Waals surface area (Å²) in [7, 11) is 0. The molecule has 1 aliphatic heterocycles. The van der Waals surface area contributed by atoms with E-state index in [9.17, 15) is 4.79 Å². The second-order valence-electron chi connectivity index (χ2n) is 3.92. The first-order chi connectivity index (χ1) is 7.24. The summed E-state index contributed by atoms with van der Waals surface area (Å²) in [5.74, 6) is 1.63. The molecule has 0 bridgehead atoms. The van der Waals surface area contributed by atoms with E-state index in [1.165, 1.54) is 6.92 Å². The summed E-state index contributed by atoms with van der Waals surface area (Å²) in [6, 6.07) is 0. The van der Waals surface area contributed by atoms with Crippen LogP contribution in [0.15, 0.2) is 4.52 Å². The number of ether oxygens (including phenoxy) is 1. The van der Waals surface area contributed by atoms with Crippen LogP contribution in [-0.4, -0.2) is 29.1 Å². The van der Waals surface area contributed by atoms with Crippen molar-refractivity contribution >= 4 is 5.78 Å². The molecule has 0 amide bonds. The highest BCUT2D eigenvalue weighted by Gasteiger charge is 2.19. The molecule has 1 saturated heterocycles. The number of hydrogen-bond donors (Lipinski definition) is 0. The van der Waals surface area contributed by atoms with Crippen LogP contribution in [0.25, 0.3) is 0 Å². The smallest absolute Gasteiger partial charge is 0.227 e. The minimum atomic E-state index is 0.0477. The van der Waals surface area contributed by atoms with E-state index in [-0.39, 0.29) is 12.2 Å². The van der Waals surface area contributed by atoms with Crippen LogP contribution in [-0.2, 0) is 22.4 Å². The normalized spacial score (nSPS) is 20.7. The summed E-state index contributed by atoms with van der Waals surface area (Å²) in [5.41, 5.74) is 0. The maximum atomic E-state index is 10.8. The van der Waals surface area contributed by atoms with Gasteiger partial charge in [-0.05, 0) is 19.3 Å². The topological polar surface area (TPSA) is 65.2 Å². The van der Waals surface area contributed by atoms with E-state index in [1.807, 2.05) is 0 Å². The monoisotopic (exact) mass is 210 g/mol. The highest BCUT2D eigenvalue weighted by molar-refractivity contribution is 5.77. The molecule has 0 N–H and O–H groups in total. The highest BCUT2D eigenvalue weighted by atomic mass is 16.5. The quantitative estimate of drug-likeness (QED) is 0.734. The van der Waals surface area contributed by atoms with Crippen molar-refractivity contribution in [1.82, 2.24) is 10.1 Å². The van der Waals surface area contributed by atoms with Crippen LogP contribution >= 0.6 is 0 Å². The van der Waals surface area contributed by atoms with Crippen LogP contribution in [0.3, 0.4) is 0 Å². The summed E-state index contributed by atoms with van der Waals surface area (Å²) < 4.78 is 10.3. The largest absolute Gasteiger partial charge is 0.381 e. The lowest BCUT2D eigenvalue weighted by molar-refractivity contribution is -0.116. The van der Waals surface area contributed by atoms with Crippen LogP contribution in [0, 0.1) is 5.92 Å². The second kappa shape index (κ2) is 4.53. The molecular weight excluding hydrogens is 196 g/mol. The van der Waals surface area contributed by atoms with E-state index in [4.69, 9.17) is 9.26 Å². The third kappa shape index (κ3) is 2.86. The zero-order valence-corrected chi connectivity index (χ0v) is 8.73. The van der Waals surface area contributed by atoms with Crippen molar-refractivity contribution in [1.29, 1.82) is 0 Å². The first-order valence-corrected chi connectivity index (χ1v) is 5.12. The predicted molar refractivity (Wildman–Crippen MR) is 51.3 cm³/mol. The number of carbonyl (C=O) groups excluding carboxylic acids is 1. The highest BCUT2D eigenvalue weighted by Crippen LogP contribution is 2.17. The molecule has 15 heavy (non-hydrogen) atoms. The van der Waals surface area contributed by atoms with E-state index >= 15 is 0 Å². The van der Waals surface area contributed by atoms with Crippen molar-refractivity contribution in [3.8, 4) is 0 Å². The molecule has 0 aromatic carbocycles. The Morgan fingerprint density at radius 3 is 3.13 bits per heavy atom. The van der Waals surface area contributed by atoms with Crippen molar-refractivity contribution in [2.45, 2.75) is 26.2 Å². The van der Waals surface area contributed by atoms with Crippen molar-refractivity contribution in [3.63, 3.8) is 0 Å². The minimum absolute atomic E-state index is 0.0477. The molecule has 2 rings (SSSR count). The molecule has 0 saturated carbocycles. The molecule has 2 heterocycles. The Morgan fingerprint density at radius 1 is 1.60 bits per heavy atom. The molecule has 1 unspecified atom stereocenters. The molecule has 0 radical (unpaired) electrons. The minimum Gasteiger partial charge on any atom is -0.381 e. The Balaban J connectivity index is 1.91. The lowest BCUT2D eigenvalue weighted by atomic mass is 10.1. The molecule has 0 aliphatic carbocycles. The number of ketones is 1. The van der Waals surface area contributed by atoms with Gasteiger partial charge in [-0.25, -0.2) is 0 Å². The maximum Gasteiger partial charge on any atom is 0.227 e. The Hall–Kier alpha value is -1.23. The van der Waals surface area contributed by atoms with Gasteiger partial charge < -0.3 is 9.26 Å². The lowest BCUT2D eigenvalue weighted by Gasteiger charge is -2.00. The van der Waals surface area contributed by atoms with E-state index in [1.54, 1.807) is 0 Å². The molecule has 1 atom stereocenters. The van der Waals surface area contributed by atoms with Gasteiger partial charge in [-0.2, -0.15) is 4.98 Å². The third-order valence-electron chi connectivity index (χ3n) is 2.40. The summed E-state index contributed by atoms with van der Waals surface area (Å²) in [5, 5.41) is 3.75. The van der Waals surface area contributed by atoms with E-state index in [0.29, 0.717) is 17.6 Å². The maximum absolute atomic E-state index is 10.8. The number of carbonyl (C=O) groups is 1. The Bertz CT molecular complexity index is 342. The van der Waals surface area contributed by atoms with Crippen LogP contribution in [0.1, 0.15) is 25.1 Å². The van der Waals surface area contributed by atoms with Gasteiger partial charge in [-0.3, -0.25) is 4.79 Å². The standard InChI is InChI=1S/C10H14N2O3/c1-7(13)4-9-11-10(15-12-9)5-8-2-3-14-6-8/h8H,2-6H2,1H3. The van der Waals surface area contributed by atoms with Gasteiger partial charge >= 0.3 is 0 Å². The van der Waals surface area contributed by atoms with E-state index in [2.05, 4.69) is 10.1 Å². The molecule has 1 aliphatic rings. The summed E-state index contributed by atoms with van der Waals surface area (Å²) in [4.78, 5) is 15.0. The Morgan fingerprint density at radius 2 is 2.47 bits per heavy atom. The molecule has 82 valence electrons. The summed E-state index contributed by atoms with van der Waals surface area (Å²) in [6.45, 7) is 3.10. The van der Waals surface area contributed by atoms with Crippen molar-refractivity contribution in [2.75, 3.05) is 13.2 Å². The number of aromatic nitrogens is 2. The molecule has 1 fully saturated rings. The molecule has 1 aromatic rings. The lowest BCUT2D eigenvalue weighted by Crippen LogP contribution is -2.04. The van der Waals surface area contributed by atoms with Gasteiger partial charge in [-0.1, -0.05) is 5.16 Å². The number of rotatable bonds is 4. The Kier molecular flexibility index (Phi) is 3.11. The van der Waals surface area contributed by atoms with Gasteiger partial charge in [0.05, 0.1) is 6.42 Å². The van der Waals surface area contributed by atoms with Gasteiger partial charge in [0.1, 0.15) is 5.78 Å². The van der Waals surface area contributed by atoms with Crippen molar-refractivity contribution in [2.24, 2.45) is 5.92 Å². The molecule has 5 nitrogen and oxygen atoms in total. The van der Waals surface area contributed by atoms with Crippen LogP contribution in [0.4, 0.5) is 0 Å². The van der Waals surface area contributed by atoms with Gasteiger partial charge in [-0.15, -0.1) is 0 Å². The number of nitrogens with zero attached hydrogens (tertiary/aromatic N) is 2. The Labute approximate surface area is 87.8 Å². The molecule has 1 aromatic heterocycles. The average Bonchev–Trinajstić information content (AvgIpc) is 2.77. The number of hydrogen-bond acceptors (Lipinski definition) is 5. The van der Waals surface area contributed by atoms with Gasteiger partial charge in [0.15, 0.2) is 5.82 Å². The van der Waals surface area contributed by atoms with Gasteiger partial charge in [0.2, 0.25) is 5.89 Å². The number of Topliss-reactive ketones (excluding diaryl/α,β-unsaturated/α-hetero) is 1. The fraction of sp³-hybridized carbons (Fsp3) is 0.700. The first-order valence-electron chi connectivity index (χ1n) is 5.12. The summed E-state index contributed by atoms with van der Waals surface area (Å²) in [6.07, 6.45) is 2.06. The summed E-state index contributed by atoms with van der Waals surface area (Å²) >= 11 is 0. The SMILES string of the molecule is CC(=O)Cc1noc(CC2CCOC2)n1. The van der Waals surface area contributed by atoms with E-state index in [0.717, 1.165) is 26.1 Å². The van der Waals surface area contributed by atoms with Gasteiger partial charge in [0, 0.05) is 19.6 Å². The first kappa shape index (κ1) is 10.3. The van der Waals surface area contributed by atoms with Crippen molar-refractivity contribution in [3.05, 3.63) is 11.7 Å². The predicted octanol–water partition coefficient (Wildman–Crippen LogP) is 0.780.